The maximum Gasteiger partial charge on any atom is 0.255 e. The maximum atomic E-state index is 12.7. The van der Waals surface area contributed by atoms with Crippen molar-refractivity contribution in [2.24, 2.45) is 5.92 Å². The number of fused-ring (bicyclic) bond motifs is 1. The van der Waals surface area contributed by atoms with Crippen LogP contribution in [0.4, 0.5) is 5.95 Å². The number of aromatic nitrogens is 2. The number of piperidine rings is 1. The van der Waals surface area contributed by atoms with E-state index in [4.69, 9.17) is 0 Å². The molecule has 29 heavy (non-hydrogen) atoms. The Labute approximate surface area is 171 Å². The van der Waals surface area contributed by atoms with Gasteiger partial charge < -0.3 is 15.1 Å². The normalized spacial score (nSPS) is 16.9. The highest BCUT2D eigenvalue weighted by Crippen LogP contribution is 2.25. The molecule has 1 fully saturated rings. The number of nitrogens with one attached hydrogen (secondary N) is 1. The smallest absolute Gasteiger partial charge is 0.255 e. The summed E-state index contributed by atoms with van der Waals surface area (Å²) in [5, 5.41) is 3.05. The molecule has 0 radical (unpaired) electrons. The van der Waals surface area contributed by atoms with Gasteiger partial charge in [-0.1, -0.05) is 12.1 Å². The second kappa shape index (κ2) is 7.81. The van der Waals surface area contributed by atoms with Crippen molar-refractivity contribution < 1.29 is 9.59 Å². The van der Waals surface area contributed by atoms with E-state index in [2.05, 4.69) is 20.2 Å². The van der Waals surface area contributed by atoms with Gasteiger partial charge in [-0.25, -0.2) is 9.97 Å². The molecule has 0 saturated carbocycles. The molecule has 7 heteroatoms. The van der Waals surface area contributed by atoms with Crippen LogP contribution in [0.2, 0.25) is 0 Å². The summed E-state index contributed by atoms with van der Waals surface area (Å²) >= 11 is 0. The van der Waals surface area contributed by atoms with Gasteiger partial charge in [0, 0.05) is 44.6 Å². The quantitative estimate of drug-likeness (QED) is 0.863. The Bertz CT molecular complexity index is 930. The third-order valence-corrected chi connectivity index (χ3v) is 5.78. The molecular weight excluding hydrogens is 366 g/mol. The zero-order chi connectivity index (χ0) is 20.5. The fraction of sp³-hybridized carbons (Fsp3) is 0.455. The molecule has 0 unspecified atom stereocenters. The van der Waals surface area contributed by atoms with Crippen LogP contribution in [0.25, 0.3) is 0 Å². The number of anilines is 1. The van der Waals surface area contributed by atoms with E-state index in [0.29, 0.717) is 30.1 Å². The number of rotatable bonds is 4. The molecule has 152 valence electrons. The fourth-order valence-corrected chi connectivity index (χ4v) is 4.21. The van der Waals surface area contributed by atoms with Crippen molar-refractivity contribution in [1.82, 2.24) is 20.2 Å². The predicted octanol–water partition coefficient (Wildman–Crippen LogP) is 2.33. The van der Waals surface area contributed by atoms with Crippen LogP contribution in [0.15, 0.2) is 24.3 Å². The van der Waals surface area contributed by atoms with Crippen LogP contribution in [-0.2, 0) is 6.54 Å². The lowest BCUT2D eigenvalue weighted by molar-refractivity contribution is 0.0809. The molecule has 0 bridgehead atoms. The van der Waals surface area contributed by atoms with E-state index in [0.717, 1.165) is 48.8 Å². The molecule has 7 nitrogen and oxygen atoms in total. The average Bonchev–Trinajstić information content (AvgIpc) is 3.00. The second-order valence-corrected chi connectivity index (χ2v) is 8.09. The maximum absolute atomic E-state index is 12.7. The lowest BCUT2D eigenvalue weighted by atomic mass is 9.96. The van der Waals surface area contributed by atoms with Crippen LogP contribution in [0.3, 0.4) is 0 Å². The SMILES string of the molecule is Cc1cc(C)nc(N2CCC(CNC(=O)c3cccc4c3C(=O)N(C)C4)CC2)n1. The molecule has 1 saturated heterocycles. The van der Waals surface area contributed by atoms with E-state index >= 15 is 0 Å². The topological polar surface area (TPSA) is 78.4 Å². The number of aryl methyl sites for hydroxylation is 2. The van der Waals surface area contributed by atoms with E-state index in [1.165, 1.54) is 0 Å². The number of hydrogen-bond donors (Lipinski definition) is 1. The lowest BCUT2D eigenvalue weighted by Gasteiger charge is -2.32. The van der Waals surface area contributed by atoms with Crippen LogP contribution in [0, 0.1) is 19.8 Å². The van der Waals surface area contributed by atoms with E-state index in [1.807, 2.05) is 32.0 Å². The fourth-order valence-electron chi connectivity index (χ4n) is 4.21. The van der Waals surface area contributed by atoms with Crippen LogP contribution in [-0.4, -0.2) is 53.4 Å². The summed E-state index contributed by atoms with van der Waals surface area (Å²) in [5.41, 5.74) is 3.93. The summed E-state index contributed by atoms with van der Waals surface area (Å²) in [6, 6.07) is 7.49. The molecule has 2 amide bonds. The zero-order valence-corrected chi connectivity index (χ0v) is 17.2. The average molecular weight is 393 g/mol. The highest BCUT2D eigenvalue weighted by atomic mass is 16.2. The summed E-state index contributed by atoms with van der Waals surface area (Å²) in [5.74, 6) is 0.974. The van der Waals surface area contributed by atoms with Gasteiger partial charge in [0.2, 0.25) is 5.95 Å². The van der Waals surface area contributed by atoms with E-state index in [-0.39, 0.29) is 11.8 Å². The highest BCUT2D eigenvalue weighted by Gasteiger charge is 2.30. The van der Waals surface area contributed by atoms with Gasteiger partial charge in [0.15, 0.2) is 0 Å². The van der Waals surface area contributed by atoms with Crippen LogP contribution < -0.4 is 10.2 Å². The largest absolute Gasteiger partial charge is 0.352 e. The first kappa shape index (κ1) is 19.4. The first-order valence-electron chi connectivity index (χ1n) is 10.1. The lowest BCUT2D eigenvalue weighted by Crippen LogP contribution is -2.39. The minimum Gasteiger partial charge on any atom is -0.352 e. The van der Waals surface area contributed by atoms with Gasteiger partial charge in [-0.2, -0.15) is 0 Å². The van der Waals surface area contributed by atoms with Crippen molar-refractivity contribution in [2.75, 3.05) is 31.6 Å². The number of hydrogen-bond acceptors (Lipinski definition) is 5. The van der Waals surface area contributed by atoms with Crippen LogP contribution >= 0.6 is 0 Å². The zero-order valence-electron chi connectivity index (χ0n) is 17.2. The van der Waals surface area contributed by atoms with Crippen molar-refractivity contribution in [3.8, 4) is 0 Å². The van der Waals surface area contributed by atoms with Crippen molar-refractivity contribution in [1.29, 1.82) is 0 Å². The Hall–Kier alpha value is -2.96. The third kappa shape index (κ3) is 3.95. The van der Waals surface area contributed by atoms with E-state index in [9.17, 15) is 9.59 Å². The Morgan fingerprint density at radius 2 is 1.86 bits per heavy atom. The summed E-state index contributed by atoms with van der Waals surface area (Å²) in [6.07, 6.45) is 1.95. The molecule has 1 N–H and O–H groups in total. The van der Waals surface area contributed by atoms with Gasteiger partial charge >= 0.3 is 0 Å². The number of carbonyl (C=O) groups is 2. The first-order valence-corrected chi connectivity index (χ1v) is 10.1. The molecular formula is C22H27N5O2. The van der Waals surface area contributed by atoms with Crippen molar-refractivity contribution in [2.45, 2.75) is 33.2 Å². The van der Waals surface area contributed by atoms with Crippen LogP contribution in [0.5, 0.6) is 0 Å². The molecule has 0 atom stereocenters. The van der Waals surface area contributed by atoms with Gasteiger partial charge in [0.25, 0.3) is 11.8 Å². The molecule has 3 heterocycles. The van der Waals surface area contributed by atoms with Gasteiger partial charge in [-0.05, 0) is 50.3 Å². The molecule has 2 aliphatic heterocycles. The summed E-state index contributed by atoms with van der Waals surface area (Å²) in [6.45, 7) is 6.93. The van der Waals surface area contributed by atoms with Crippen LogP contribution in [0.1, 0.15) is 50.5 Å². The number of carbonyl (C=O) groups excluding carboxylic acids is 2. The molecule has 2 aliphatic rings. The summed E-state index contributed by atoms with van der Waals surface area (Å²) in [7, 11) is 1.76. The highest BCUT2D eigenvalue weighted by molar-refractivity contribution is 6.09. The molecule has 1 aromatic carbocycles. The minimum absolute atomic E-state index is 0.0764. The first-order chi connectivity index (χ1) is 13.9. The summed E-state index contributed by atoms with van der Waals surface area (Å²) in [4.78, 5) is 38.1. The Balaban J connectivity index is 1.34. The minimum atomic E-state index is -0.162. The second-order valence-electron chi connectivity index (χ2n) is 8.09. The molecule has 2 aromatic rings. The molecule has 4 rings (SSSR count). The number of amides is 2. The number of nitrogens with zero attached hydrogens (tertiary/aromatic N) is 4. The van der Waals surface area contributed by atoms with Crippen molar-refractivity contribution in [3.63, 3.8) is 0 Å². The van der Waals surface area contributed by atoms with Crippen molar-refractivity contribution >= 4 is 17.8 Å². The standard InChI is InChI=1S/C22H27N5O2/c1-14-11-15(2)25-22(24-14)27-9-7-16(8-10-27)12-23-20(28)18-6-4-5-17-13-26(3)21(29)19(17)18/h4-6,11,16H,7-10,12-13H2,1-3H3,(H,23,28). The Kier molecular flexibility index (Phi) is 5.22. The van der Waals surface area contributed by atoms with Crippen molar-refractivity contribution in [3.05, 3.63) is 52.3 Å². The Morgan fingerprint density at radius 1 is 1.17 bits per heavy atom. The molecule has 0 spiro atoms. The van der Waals surface area contributed by atoms with Gasteiger partial charge in [-0.3, -0.25) is 9.59 Å². The monoisotopic (exact) mass is 393 g/mol. The summed E-state index contributed by atoms with van der Waals surface area (Å²) < 4.78 is 0. The van der Waals surface area contributed by atoms with E-state index in [1.54, 1.807) is 18.0 Å². The molecule has 1 aromatic heterocycles. The number of benzene rings is 1. The van der Waals surface area contributed by atoms with Gasteiger partial charge in [0.05, 0.1) is 11.1 Å². The third-order valence-electron chi connectivity index (χ3n) is 5.78. The van der Waals surface area contributed by atoms with Gasteiger partial charge in [-0.15, -0.1) is 0 Å². The predicted molar refractivity (Wildman–Crippen MR) is 111 cm³/mol. The molecule has 0 aliphatic carbocycles. The van der Waals surface area contributed by atoms with Gasteiger partial charge in [0.1, 0.15) is 0 Å². The Morgan fingerprint density at radius 3 is 2.55 bits per heavy atom. The van der Waals surface area contributed by atoms with E-state index < -0.39 is 0 Å².